The zero-order valence-electron chi connectivity index (χ0n) is 11.8. The Balaban J connectivity index is 2.28. The molecule has 0 heterocycles. The van der Waals surface area contributed by atoms with Gasteiger partial charge >= 0.3 is 0 Å². The summed E-state index contributed by atoms with van der Waals surface area (Å²) in [6.45, 7) is 1.90. The van der Waals surface area contributed by atoms with Gasteiger partial charge < -0.3 is 0 Å². The Morgan fingerprint density at radius 3 is 2.36 bits per heavy atom. The molecule has 0 amide bonds. The minimum atomic E-state index is -3.68. The standard InChI is InChI=1S/C15H14Br2N2O2S/c1-11-6-8-12(9-7-11)22(20,21)19-18-15(10-16)13-4-2-3-5-14(13)17/h2-9,19H,10H2,1H3/b18-15-. The van der Waals surface area contributed by atoms with Crippen molar-refractivity contribution >= 4 is 47.6 Å². The second kappa shape index (κ2) is 7.39. The van der Waals surface area contributed by atoms with Crippen molar-refractivity contribution in [2.45, 2.75) is 11.8 Å². The number of aryl methyl sites for hydroxylation is 1. The van der Waals surface area contributed by atoms with E-state index >= 15 is 0 Å². The number of hydrogen-bond acceptors (Lipinski definition) is 3. The van der Waals surface area contributed by atoms with Crippen LogP contribution in [-0.2, 0) is 10.0 Å². The first kappa shape index (κ1) is 17.2. The Bertz CT molecular complexity index is 787. The smallest absolute Gasteiger partial charge is 0.200 e. The molecule has 0 aliphatic carbocycles. The molecule has 0 aromatic heterocycles. The van der Waals surface area contributed by atoms with E-state index in [-0.39, 0.29) is 4.90 Å². The predicted molar refractivity (Wildman–Crippen MR) is 96.0 cm³/mol. The third kappa shape index (κ3) is 4.18. The Hall–Kier alpha value is -1.18. The summed E-state index contributed by atoms with van der Waals surface area (Å²) >= 11 is 6.77. The fourth-order valence-corrected chi connectivity index (χ4v) is 3.51. The van der Waals surface area contributed by atoms with Gasteiger partial charge in [-0.15, -0.1) is 0 Å². The number of halogens is 2. The molecule has 1 N–H and O–H groups in total. The summed E-state index contributed by atoms with van der Waals surface area (Å²) in [5.41, 5.74) is 2.41. The molecule has 0 atom stereocenters. The molecular formula is C15H14Br2N2O2S. The average Bonchev–Trinajstić information content (AvgIpc) is 2.50. The maximum Gasteiger partial charge on any atom is 0.276 e. The van der Waals surface area contributed by atoms with Gasteiger partial charge in [-0.1, -0.05) is 67.8 Å². The Morgan fingerprint density at radius 2 is 1.77 bits per heavy atom. The number of nitrogens with one attached hydrogen (secondary N) is 1. The van der Waals surface area contributed by atoms with E-state index in [9.17, 15) is 8.42 Å². The third-order valence-corrected chi connectivity index (χ3v) is 5.39. The van der Waals surface area contributed by atoms with Crippen LogP contribution >= 0.6 is 31.9 Å². The number of hydrazone groups is 1. The summed E-state index contributed by atoms with van der Waals surface area (Å²) in [6, 6.07) is 14.1. The van der Waals surface area contributed by atoms with Crippen LogP contribution in [0.25, 0.3) is 0 Å². The zero-order chi connectivity index (χ0) is 16.2. The summed E-state index contributed by atoms with van der Waals surface area (Å²) in [7, 11) is -3.68. The van der Waals surface area contributed by atoms with Gasteiger partial charge in [-0.3, -0.25) is 0 Å². The van der Waals surface area contributed by atoms with Gasteiger partial charge in [0.2, 0.25) is 0 Å². The van der Waals surface area contributed by atoms with Crippen LogP contribution in [0.15, 0.2) is 63.0 Å². The van der Waals surface area contributed by atoms with Crippen molar-refractivity contribution in [2.24, 2.45) is 5.10 Å². The van der Waals surface area contributed by atoms with Crippen LogP contribution in [0.2, 0.25) is 0 Å². The van der Waals surface area contributed by atoms with Crippen molar-refractivity contribution in [3.05, 3.63) is 64.1 Å². The highest BCUT2D eigenvalue weighted by Crippen LogP contribution is 2.18. The van der Waals surface area contributed by atoms with Gasteiger partial charge in [-0.2, -0.15) is 18.4 Å². The summed E-state index contributed by atoms with van der Waals surface area (Å²) in [6.07, 6.45) is 0. The molecule has 0 saturated carbocycles. The fourth-order valence-electron chi connectivity index (χ4n) is 1.74. The van der Waals surface area contributed by atoms with E-state index in [4.69, 9.17) is 0 Å². The monoisotopic (exact) mass is 444 g/mol. The summed E-state index contributed by atoms with van der Waals surface area (Å²) in [4.78, 5) is 2.46. The highest BCUT2D eigenvalue weighted by atomic mass is 79.9. The van der Waals surface area contributed by atoms with E-state index in [0.29, 0.717) is 11.0 Å². The van der Waals surface area contributed by atoms with Gasteiger partial charge in [-0.25, -0.2) is 0 Å². The maximum atomic E-state index is 12.2. The van der Waals surface area contributed by atoms with Gasteiger partial charge in [0.05, 0.1) is 10.6 Å². The zero-order valence-corrected chi connectivity index (χ0v) is 15.7. The van der Waals surface area contributed by atoms with Gasteiger partial charge in [0, 0.05) is 15.4 Å². The molecule has 0 spiro atoms. The van der Waals surface area contributed by atoms with Gasteiger partial charge in [-0.05, 0) is 25.1 Å². The summed E-state index contributed by atoms with van der Waals surface area (Å²) in [5, 5.41) is 4.47. The molecule has 7 heteroatoms. The second-order valence-electron chi connectivity index (χ2n) is 4.58. The van der Waals surface area contributed by atoms with Crippen LogP contribution in [0, 0.1) is 6.92 Å². The Morgan fingerprint density at radius 1 is 1.14 bits per heavy atom. The number of hydrogen-bond donors (Lipinski definition) is 1. The van der Waals surface area contributed by atoms with E-state index < -0.39 is 10.0 Å². The number of sulfonamides is 1. The number of rotatable bonds is 5. The largest absolute Gasteiger partial charge is 0.276 e. The SMILES string of the molecule is Cc1ccc(S(=O)(=O)N/N=C(/CBr)c2ccccc2Br)cc1. The van der Waals surface area contributed by atoms with Crippen LogP contribution in [0.1, 0.15) is 11.1 Å². The van der Waals surface area contributed by atoms with Crippen molar-refractivity contribution in [1.82, 2.24) is 4.83 Å². The quantitative estimate of drug-likeness (QED) is 0.431. The minimum absolute atomic E-state index is 0.183. The molecule has 4 nitrogen and oxygen atoms in total. The van der Waals surface area contributed by atoms with Gasteiger partial charge in [0.25, 0.3) is 10.0 Å². The van der Waals surface area contributed by atoms with Gasteiger partial charge in [0.1, 0.15) is 0 Å². The van der Waals surface area contributed by atoms with Crippen LogP contribution in [0.4, 0.5) is 0 Å². The number of alkyl halides is 1. The lowest BCUT2D eigenvalue weighted by Gasteiger charge is -2.08. The van der Waals surface area contributed by atoms with E-state index in [1.54, 1.807) is 24.3 Å². The molecule has 0 aliphatic heterocycles. The Kier molecular flexibility index (Phi) is 5.77. The topological polar surface area (TPSA) is 58.5 Å². The molecule has 0 fully saturated rings. The average molecular weight is 446 g/mol. The molecule has 2 aromatic carbocycles. The minimum Gasteiger partial charge on any atom is -0.200 e. The molecule has 2 rings (SSSR count). The normalized spacial score (nSPS) is 12.2. The van der Waals surface area contributed by atoms with Crippen molar-refractivity contribution in [2.75, 3.05) is 5.33 Å². The summed E-state index contributed by atoms with van der Waals surface area (Å²) < 4.78 is 25.3. The van der Waals surface area contributed by atoms with E-state index in [1.807, 2.05) is 31.2 Å². The molecule has 0 unspecified atom stereocenters. The number of nitrogens with zero attached hydrogens (tertiary/aromatic N) is 1. The fraction of sp³-hybridized carbons (Fsp3) is 0.133. The Labute approximate surface area is 146 Å². The highest BCUT2D eigenvalue weighted by Gasteiger charge is 2.14. The second-order valence-corrected chi connectivity index (χ2v) is 7.66. The molecule has 0 aliphatic rings. The lowest BCUT2D eigenvalue weighted by atomic mass is 10.1. The van der Waals surface area contributed by atoms with E-state index in [0.717, 1.165) is 15.6 Å². The maximum absolute atomic E-state index is 12.2. The van der Waals surface area contributed by atoms with Crippen molar-refractivity contribution < 1.29 is 8.42 Å². The molecule has 0 bridgehead atoms. The van der Waals surface area contributed by atoms with Crippen LogP contribution in [-0.4, -0.2) is 19.5 Å². The lowest BCUT2D eigenvalue weighted by molar-refractivity contribution is 0.584. The molecule has 116 valence electrons. The van der Waals surface area contributed by atoms with E-state index in [2.05, 4.69) is 41.8 Å². The van der Waals surface area contributed by atoms with Gasteiger partial charge in [0.15, 0.2) is 0 Å². The molecule has 22 heavy (non-hydrogen) atoms. The number of benzene rings is 2. The van der Waals surface area contributed by atoms with Crippen molar-refractivity contribution in [1.29, 1.82) is 0 Å². The molecule has 0 radical (unpaired) electrons. The molecular weight excluding hydrogens is 432 g/mol. The highest BCUT2D eigenvalue weighted by molar-refractivity contribution is 9.10. The third-order valence-electron chi connectivity index (χ3n) is 2.94. The van der Waals surface area contributed by atoms with Crippen LogP contribution < -0.4 is 4.83 Å². The van der Waals surface area contributed by atoms with Crippen LogP contribution in [0.3, 0.4) is 0 Å². The molecule has 2 aromatic rings. The van der Waals surface area contributed by atoms with Crippen molar-refractivity contribution in [3.8, 4) is 0 Å². The summed E-state index contributed by atoms with van der Waals surface area (Å²) in [5.74, 6) is 0. The first-order chi connectivity index (χ1) is 10.4. The first-order valence-corrected chi connectivity index (χ1v) is 9.79. The first-order valence-electron chi connectivity index (χ1n) is 6.40. The molecule has 0 saturated heterocycles. The predicted octanol–water partition coefficient (Wildman–Crippen LogP) is 3.84. The van der Waals surface area contributed by atoms with Crippen LogP contribution in [0.5, 0.6) is 0 Å². The van der Waals surface area contributed by atoms with E-state index in [1.165, 1.54) is 0 Å². The lowest BCUT2D eigenvalue weighted by Crippen LogP contribution is -2.21. The van der Waals surface area contributed by atoms with Crippen molar-refractivity contribution in [3.63, 3.8) is 0 Å².